The van der Waals surface area contributed by atoms with Gasteiger partial charge in [-0.2, -0.15) is 0 Å². The molecule has 4 nitrogen and oxygen atoms in total. The topological polar surface area (TPSA) is 55.8 Å². The molecule has 1 heterocycles. The summed E-state index contributed by atoms with van der Waals surface area (Å²) in [6.07, 6.45) is 0. The second-order valence-corrected chi connectivity index (χ2v) is 5.59. The first-order valence-corrected chi connectivity index (χ1v) is 6.03. The van der Waals surface area contributed by atoms with Crippen molar-refractivity contribution in [3.05, 3.63) is 28.8 Å². The van der Waals surface area contributed by atoms with Crippen molar-refractivity contribution in [2.24, 2.45) is 5.41 Å². The molecule has 2 rings (SSSR count). The highest BCUT2D eigenvalue weighted by atomic mass is 35.5. The lowest BCUT2D eigenvalue weighted by Crippen LogP contribution is -2.49. The van der Waals surface area contributed by atoms with Crippen LogP contribution in [0.1, 0.15) is 24.2 Å². The van der Waals surface area contributed by atoms with Crippen LogP contribution in [-0.4, -0.2) is 31.4 Å². The second kappa shape index (κ2) is 4.92. The van der Waals surface area contributed by atoms with E-state index >= 15 is 0 Å². The summed E-state index contributed by atoms with van der Waals surface area (Å²) in [5.41, 5.74) is 0.563. The van der Waals surface area contributed by atoms with Crippen molar-refractivity contribution in [2.75, 3.05) is 13.2 Å². The Morgan fingerprint density at radius 3 is 2.56 bits per heavy atom. The molecule has 0 aliphatic carbocycles. The van der Waals surface area contributed by atoms with Crippen LogP contribution in [0.25, 0.3) is 0 Å². The second-order valence-electron chi connectivity index (χ2n) is 5.15. The first-order chi connectivity index (χ1) is 8.39. The van der Waals surface area contributed by atoms with E-state index in [0.717, 1.165) is 0 Å². The van der Waals surface area contributed by atoms with Crippen molar-refractivity contribution in [2.45, 2.75) is 13.8 Å². The van der Waals surface area contributed by atoms with Gasteiger partial charge < -0.3 is 14.4 Å². The average molecular weight is 269 g/mol. The Kier molecular flexibility index (Phi) is 3.66. The molecule has 0 aromatic heterocycles. The molecule has 0 bridgehead atoms. The number of benzene rings is 1. The fourth-order valence-electron chi connectivity index (χ4n) is 1.80. The van der Waals surface area contributed by atoms with E-state index in [1.165, 1.54) is 6.07 Å². The van der Waals surface area contributed by atoms with Gasteiger partial charge in [0.15, 0.2) is 0 Å². The number of rotatable bonds is 2. The van der Waals surface area contributed by atoms with E-state index in [9.17, 15) is 4.79 Å². The Morgan fingerprint density at radius 2 is 2.00 bits per heavy atom. The summed E-state index contributed by atoms with van der Waals surface area (Å²) in [6, 6.07) is 4.59. The minimum Gasteiger partial charge on any atom is -0.478 e. The van der Waals surface area contributed by atoms with Crippen LogP contribution in [0, 0.1) is 5.41 Å². The molecule has 96 valence electrons. The molecule has 1 aliphatic heterocycles. The molecule has 0 unspecified atom stereocenters. The molecule has 1 aliphatic rings. The lowest BCUT2D eigenvalue weighted by molar-refractivity contribution is 0.0341. The molecular weight excluding hydrogens is 254 g/mol. The van der Waals surface area contributed by atoms with Gasteiger partial charge in [0.1, 0.15) is 0 Å². The zero-order valence-electron chi connectivity index (χ0n) is 10.3. The van der Waals surface area contributed by atoms with Crippen LogP contribution in [0.4, 0.5) is 0 Å². The Labute approximate surface area is 111 Å². The Hall–Kier alpha value is -1.04. The fraction of sp³-hybridized carbons (Fsp3) is 0.417. The van der Waals surface area contributed by atoms with Gasteiger partial charge in [0.25, 0.3) is 0 Å². The highest BCUT2D eigenvalue weighted by Crippen LogP contribution is 2.22. The zero-order valence-corrected chi connectivity index (χ0v) is 11.0. The van der Waals surface area contributed by atoms with Gasteiger partial charge in [0.05, 0.1) is 5.56 Å². The van der Waals surface area contributed by atoms with Crippen LogP contribution in [0.5, 0.6) is 0 Å². The quantitative estimate of drug-likeness (QED) is 0.831. The monoisotopic (exact) mass is 268 g/mol. The molecule has 1 saturated heterocycles. The zero-order chi connectivity index (χ0) is 13.3. The van der Waals surface area contributed by atoms with E-state index in [4.69, 9.17) is 26.0 Å². The lowest BCUT2D eigenvalue weighted by atomic mass is 9.73. The molecule has 1 aromatic carbocycles. The van der Waals surface area contributed by atoms with Gasteiger partial charge in [-0.1, -0.05) is 25.4 Å². The number of hydrogen-bond acceptors (Lipinski definition) is 3. The first-order valence-electron chi connectivity index (χ1n) is 5.65. The predicted octanol–water partition coefficient (Wildman–Crippen LogP) is 1.81. The van der Waals surface area contributed by atoms with Gasteiger partial charge in [-0.15, -0.1) is 0 Å². The number of halogens is 1. The Balaban J connectivity index is 2.28. The molecule has 0 amide bonds. The highest BCUT2D eigenvalue weighted by Gasteiger charge is 2.35. The molecule has 1 N–H and O–H groups in total. The molecule has 1 fully saturated rings. The maximum atomic E-state index is 11.1. The van der Waals surface area contributed by atoms with E-state index in [1.54, 1.807) is 12.1 Å². The van der Waals surface area contributed by atoms with Crippen LogP contribution in [-0.2, 0) is 9.31 Å². The largest absolute Gasteiger partial charge is 0.494 e. The third kappa shape index (κ3) is 2.86. The summed E-state index contributed by atoms with van der Waals surface area (Å²) in [5, 5.41) is 9.60. The van der Waals surface area contributed by atoms with Crippen molar-refractivity contribution in [3.63, 3.8) is 0 Å². The molecular formula is C12H14BClO4. The summed E-state index contributed by atoms with van der Waals surface area (Å²) < 4.78 is 11.2. The summed E-state index contributed by atoms with van der Waals surface area (Å²) in [5.74, 6) is -1.02. The summed E-state index contributed by atoms with van der Waals surface area (Å²) >= 11 is 5.89. The number of carboxylic acid groups (broad SMARTS) is 1. The van der Waals surface area contributed by atoms with Gasteiger partial charge in [-0.3, -0.25) is 0 Å². The van der Waals surface area contributed by atoms with Gasteiger partial charge in [0.2, 0.25) is 0 Å². The Morgan fingerprint density at radius 1 is 1.39 bits per heavy atom. The Bertz CT molecular complexity index is 465. The summed E-state index contributed by atoms with van der Waals surface area (Å²) in [4.78, 5) is 11.1. The normalized spacial score (nSPS) is 18.7. The van der Waals surface area contributed by atoms with Crippen LogP contribution < -0.4 is 5.46 Å². The number of aromatic carboxylic acids is 1. The van der Waals surface area contributed by atoms with Gasteiger partial charge in [-0.25, -0.2) is 4.79 Å². The summed E-state index contributed by atoms with van der Waals surface area (Å²) in [7, 11) is -0.664. The maximum Gasteiger partial charge on any atom is 0.494 e. The van der Waals surface area contributed by atoms with Gasteiger partial charge in [0, 0.05) is 23.7 Å². The van der Waals surface area contributed by atoms with Crippen LogP contribution >= 0.6 is 11.6 Å². The van der Waals surface area contributed by atoms with Crippen molar-refractivity contribution in [1.29, 1.82) is 0 Å². The maximum absolute atomic E-state index is 11.1. The van der Waals surface area contributed by atoms with Crippen molar-refractivity contribution in [1.82, 2.24) is 0 Å². The lowest BCUT2D eigenvalue weighted by Gasteiger charge is -2.33. The van der Waals surface area contributed by atoms with Gasteiger partial charge in [-0.05, 0) is 23.7 Å². The average Bonchev–Trinajstić information content (AvgIpc) is 2.28. The van der Waals surface area contributed by atoms with Gasteiger partial charge >= 0.3 is 13.1 Å². The van der Waals surface area contributed by atoms with E-state index in [1.807, 2.05) is 13.8 Å². The molecule has 0 atom stereocenters. The SMILES string of the molecule is CC1(C)COB(c2cc(Cl)ccc2C(=O)O)OC1. The van der Waals surface area contributed by atoms with E-state index < -0.39 is 13.1 Å². The van der Waals surface area contributed by atoms with E-state index in [2.05, 4.69) is 0 Å². The minimum atomic E-state index is -1.02. The molecule has 18 heavy (non-hydrogen) atoms. The molecule has 0 saturated carbocycles. The number of carboxylic acids is 1. The van der Waals surface area contributed by atoms with Crippen molar-refractivity contribution in [3.8, 4) is 0 Å². The molecule has 0 spiro atoms. The van der Waals surface area contributed by atoms with Crippen LogP contribution in [0.15, 0.2) is 18.2 Å². The van der Waals surface area contributed by atoms with Crippen LogP contribution in [0.3, 0.4) is 0 Å². The smallest absolute Gasteiger partial charge is 0.478 e. The number of hydrogen-bond donors (Lipinski definition) is 1. The minimum absolute atomic E-state index is 0.0571. The molecule has 6 heteroatoms. The van der Waals surface area contributed by atoms with Crippen LogP contribution in [0.2, 0.25) is 5.02 Å². The van der Waals surface area contributed by atoms with Crippen molar-refractivity contribution >= 4 is 30.2 Å². The van der Waals surface area contributed by atoms with E-state index in [-0.39, 0.29) is 11.0 Å². The standard InChI is InChI=1S/C12H14BClO4/c1-12(2)6-17-13(18-7-12)10-5-8(14)3-4-9(10)11(15)16/h3-5H,6-7H2,1-2H3,(H,15,16). The number of carbonyl (C=O) groups is 1. The molecule has 0 radical (unpaired) electrons. The third-order valence-corrected chi connectivity index (χ3v) is 2.98. The first kappa shape index (κ1) is 13.4. The van der Waals surface area contributed by atoms with E-state index in [0.29, 0.717) is 23.7 Å². The summed E-state index contributed by atoms with van der Waals surface area (Å²) in [6.45, 7) is 5.09. The molecule has 1 aromatic rings. The third-order valence-electron chi connectivity index (χ3n) is 2.75. The highest BCUT2D eigenvalue weighted by molar-refractivity contribution is 6.63. The fourth-order valence-corrected chi connectivity index (χ4v) is 1.98. The predicted molar refractivity (Wildman–Crippen MR) is 69.5 cm³/mol. The van der Waals surface area contributed by atoms with Crippen molar-refractivity contribution < 1.29 is 19.2 Å².